The Morgan fingerprint density at radius 3 is 2.59 bits per heavy atom. The standard InChI is InChI=1S/C15H22N6.HI/c1-4-11(2)12-5-7-13(8-6-12)19-15(16)17-9-14-18-10-21(3)20-14;/h5-8,10-11H,4,9H2,1-3H3,(H3,16,17,19);1H. The fourth-order valence-electron chi connectivity index (χ4n) is 1.93. The second kappa shape index (κ2) is 8.72. The Hall–Kier alpha value is -1.64. The number of guanidine groups is 1. The number of aromatic nitrogens is 3. The smallest absolute Gasteiger partial charge is 0.193 e. The van der Waals surface area contributed by atoms with Gasteiger partial charge in [0.2, 0.25) is 0 Å². The molecule has 0 aliphatic carbocycles. The molecule has 0 aliphatic rings. The van der Waals surface area contributed by atoms with Gasteiger partial charge < -0.3 is 11.1 Å². The summed E-state index contributed by atoms with van der Waals surface area (Å²) in [6.45, 7) is 4.77. The molecule has 0 saturated carbocycles. The Kier molecular flexibility index (Phi) is 7.30. The van der Waals surface area contributed by atoms with E-state index < -0.39 is 0 Å². The quantitative estimate of drug-likeness (QED) is 0.448. The van der Waals surface area contributed by atoms with Gasteiger partial charge >= 0.3 is 0 Å². The largest absolute Gasteiger partial charge is 0.370 e. The molecule has 0 saturated heterocycles. The van der Waals surface area contributed by atoms with E-state index in [4.69, 9.17) is 5.73 Å². The highest BCUT2D eigenvalue weighted by atomic mass is 127. The number of rotatable bonds is 5. The lowest BCUT2D eigenvalue weighted by Crippen LogP contribution is -2.22. The SMILES string of the molecule is CCC(C)c1ccc(NC(N)=NCc2ncn(C)n2)cc1.I. The van der Waals surface area contributed by atoms with Crippen molar-refractivity contribution in [2.24, 2.45) is 17.8 Å². The zero-order valence-electron chi connectivity index (χ0n) is 13.2. The molecule has 120 valence electrons. The van der Waals surface area contributed by atoms with Crippen LogP contribution in [0.15, 0.2) is 35.6 Å². The van der Waals surface area contributed by atoms with Crippen molar-refractivity contribution in [2.75, 3.05) is 5.32 Å². The van der Waals surface area contributed by atoms with Crippen LogP contribution in [-0.4, -0.2) is 20.7 Å². The van der Waals surface area contributed by atoms with Crippen molar-refractivity contribution in [1.82, 2.24) is 14.8 Å². The first-order valence-corrected chi connectivity index (χ1v) is 7.10. The molecular weight excluding hydrogens is 391 g/mol. The molecular formula is C15H23IN6. The minimum atomic E-state index is 0. The fourth-order valence-corrected chi connectivity index (χ4v) is 1.93. The number of aliphatic imine (C=N–C) groups is 1. The number of halogens is 1. The highest BCUT2D eigenvalue weighted by Gasteiger charge is 2.03. The predicted octanol–water partition coefficient (Wildman–Crippen LogP) is 2.87. The number of hydrogen-bond acceptors (Lipinski definition) is 3. The van der Waals surface area contributed by atoms with E-state index >= 15 is 0 Å². The Labute approximate surface area is 148 Å². The van der Waals surface area contributed by atoms with Crippen molar-refractivity contribution < 1.29 is 0 Å². The molecule has 22 heavy (non-hydrogen) atoms. The molecule has 1 atom stereocenters. The van der Waals surface area contributed by atoms with E-state index in [9.17, 15) is 0 Å². The third-order valence-electron chi connectivity index (χ3n) is 3.40. The van der Waals surface area contributed by atoms with E-state index in [1.165, 1.54) is 5.56 Å². The van der Waals surface area contributed by atoms with Gasteiger partial charge in [0, 0.05) is 12.7 Å². The van der Waals surface area contributed by atoms with E-state index in [2.05, 4.69) is 46.4 Å². The second-order valence-corrected chi connectivity index (χ2v) is 5.09. The Balaban J connectivity index is 0.00000242. The van der Waals surface area contributed by atoms with Crippen LogP contribution in [0.1, 0.15) is 37.6 Å². The lowest BCUT2D eigenvalue weighted by molar-refractivity contribution is 0.734. The molecule has 2 aromatic rings. The van der Waals surface area contributed by atoms with Crippen LogP contribution in [0, 0.1) is 0 Å². The molecule has 0 radical (unpaired) electrons. The first kappa shape index (κ1) is 18.4. The predicted molar refractivity (Wildman–Crippen MR) is 101 cm³/mol. The molecule has 0 amide bonds. The second-order valence-electron chi connectivity index (χ2n) is 5.09. The van der Waals surface area contributed by atoms with E-state index in [0.29, 0.717) is 24.2 Å². The van der Waals surface area contributed by atoms with Gasteiger partial charge in [0.25, 0.3) is 0 Å². The minimum absolute atomic E-state index is 0. The van der Waals surface area contributed by atoms with Gasteiger partial charge in [0.1, 0.15) is 12.9 Å². The Morgan fingerprint density at radius 1 is 1.36 bits per heavy atom. The topological polar surface area (TPSA) is 81.1 Å². The Bertz CT molecular complexity index is 605. The third kappa shape index (κ3) is 5.28. The van der Waals surface area contributed by atoms with Crippen molar-refractivity contribution in [3.63, 3.8) is 0 Å². The number of nitrogens with zero attached hydrogens (tertiary/aromatic N) is 4. The number of nitrogens with one attached hydrogen (secondary N) is 1. The average Bonchev–Trinajstić information content (AvgIpc) is 2.91. The molecule has 0 bridgehead atoms. The van der Waals surface area contributed by atoms with Crippen LogP contribution in [-0.2, 0) is 13.6 Å². The van der Waals surface area contributed by atoms with Gasteiger partial charge in [-0.2, -0.15) is 5.10 Å². The van der Waals surface area contributed by atoms with Crippen molar-refractivity contribution in [2.45, 2.75) is 32.7 Å². The normalized spacial score (nSPS) is 12.6. The summed E-state index contributed by atoms with van der Waals surface area (Å²) in [5.74, 6) is 1.58. The van der Waals surface area contributed by atoms with Gasteiger partial charge in [-0.3, -0.25) is 4.68 Å². The summed E-state index contributed by atoms with van der Waals surface area (Å²) in [7, 11) is 1.82. The van der Waals surface area contributed by atoms with Crippen LogP contribution < -0.4 is 11.1 Å². The van der Waals surface area contributed by atoms with Crippen LogP contribution in [0.4, 0.5) is 5.69 Å². The molecule has 0 fully saturated rings. The molecule has 1 unspecified atom stereocenters. The molecule has 7 heteroatoms. The first-order valence-electron chi connectivity index (χ1n) is 7.10. The van der Waals surface area contributed by atoms with Gasteiger partial charge in [-0.25, -0.2) is 9.98 Å². The zero-order valence-corrected chi connectivity index (χ0v) is 15.5. The number of anilines is 1. The highest BCUT2D eigenvalue weighted by Crippen LogP contribution is 2.20. The number of nitrogens with two attached hydrogens (primary N) is 1. The van der Waals surface area contributed by atoms with Crippen LogP contribution in [0.5, 0.6) is 0 Å². The third-order valence-corrected chi connectivity index (χ3v) is 3.40. The highest BCUT2D eigenvalue weighted by molar-refractivity contribution is 14.0. The van der Waals surface area contributed by atoms with E-state index in [-0.39, 0.29) is 24.0 Å². The lowest BCUT2D eigenvalue weighted by atomic mass is 9.99. The molecule has 1 heterocycles. The number of aryl methyl sites for hydroxylation is 1. The summed E-state index contributed by atoms with van der Waals surface area (Å²) in [6, 6.07) is 8.26. The van der Waals surface area contributed by atoms with Gasteiger partial charge in [0.15, 0.2) is 11.8 Å². The maximum Gasteiger partial charge on any atom is 0.193 e. The first-order chi connectivity index (χ1) is 10.1. The molecule has 3 N–H and O–H groups in total. The molecule has 1 aromatic carbocycles. The number of hydrogen-bond donors (Lipinski definition) is 2. The van der Waals surface area contributed by atoms with E-state index in [0.717, 1.165) is 12.1 Å². The van der Waals surface area contributed by atoms with Gasteiger partial charge in [-0.15, -0.1) is 24.0 Å². The summed E-state index contributed by atoms with van der Waals surface area (Å²) in [5, 5.41) is 7.21. The lowest BCUT2D eigenvalue weighted by Gasteiger charge is -2.10. The molecule has 2 rings (SSSR count). The summed E-state index contributed by atoms with van der Waals surface area (Å²) in [5.41, 5.74) is 8.12. The summed E-state index contributed by atoms with van der Waals surface area (Å²) < 4.78 is 1.64. The van der Waals surface area contributed by atoms with Crippen molar-refractivity contribution in [3.05, 3.63) is 42.0 Å². The zero-order chi connectivity index (χ0) is 15.2. The van der Waals surface area contributed by atoms with Crippen molar-refractivity contribution in [1.29, 1.82) is 0 Å². The van der Waals surface area contributed by atoms with Crippen LogP contribution in [0.3, 0.4) is 0 Å². The van der Waals surface area contributed by atoms with Gasteiger partial charge in [-0.1, -0.05) is 26.0 Å². The van der Waals surface area contributed by atoms with Gasteiger partial charge in [-0.05, 0) is 30.0 Å². The molecule has 6 nitrogen and oxygen atoms in total. The average molecular weight is 414 g/mol. The van der Waals surface area contributed by atoms with Crippen LogP contribution in [0.25, 0.3) is 0 Å². The van der Waals surface area contributed by atoms with Crippen LogP contribution >= 0.6 is 24.0 Å². The van der Waals surface area contributed by atoms with E-state index in [1.54, 1.807) is 11.0 Å². The number of benzene rings is 1. The maximum atomic E-state index is 5.86. The molecule has 1 aromatic heterocycles. The molecule has 0 spiro atoms. The maximum absolute atomic E-state index is 5.86. The van der Waals surface area contributed by atoms with Crippen molar-refractivity contribution >= 4 is 35.6 Å². The van der Waals surface area contributed by atoms with Crippen molar-refractivity contribution in [3.8, 4) is 0 Å². The van der Waals surface area contributed by atoms with E-state index in [1.807, 2.05) is 19.2 Å². The minimum Gasteiger partial charge on any atom is -0.370 e. The summed E-state index contributed by atoms with van der Waals surface area (Å²) >= 11 is 0. The summed E-state index contributed by atoms with van der Waals surface area (Å²) in [6.07, 6.45) is 2.77. The Morgan fingerprint density at radius 2 is 2.05 bits per heavy atom. The van der Waals surface area contributed by atoms with Crippen LogP contribution in [0.2, 0.25) is 0 Å². The summed E-state index contributed by atoms with van der Waals surface area (Å²) in [4.78, 5) is 8.32. The van der Waals surface area contributed by atoms with Gasteiger partial charge in [0.05, 0.1) is 0 Å². The fraction of sp³-hybridized carbons (Fsp3) is 0.400. The molecule has 0 aliphatic heterocycles. The monoisotopic (exact) mass is 414 g/mol.